The number of aromatic nitrogens is 1. The molecule has 2 heterocycles. The molecule has 0 bridgehead atoms. The lowest BCUT2D eigenvalue weighted by molar-refractivity contribution is 0.0342. The van der Waals surface area contributed by atoms with Gasteiger partial charge in [0, 0.05) is 54.5 Å². The lowest BCUT2D eigenvalue weighted by Gasteiger charge is -2.26. The van der Waals surface area contributed by atoms with Crippen LogP contribution in [0.25, 0.3) is 0 Å². The maximum absolute atomic E-state index is 12.8. The van der Waals surface area contributed by atoms with Crippen molar-refractivity contribution in [2.75, 3.05) is 36.9 Å². The van der Waals surface area contributed by atoms with Crippen molar-refractivity contribution in [3.8, 4) is 0 Å². The number of hydrogen-bond donors (Lipinski definition) is 2. The van der Waals surface area contributed by atoms with Gasteiger partial charge in [0.2, 0.25) is 0 Å². The number of ether oxygens (including phenoxy) is 1. The fraction of sp³-hybridized carbons (Fsp3) is 0.208. The van der Waals surface area contributed by atoms with Gasteiger partial charge in [0.25, 0.3) is 11.8 Å². The van der Waals surface area contributed by atoms with E-state index in [0.29, 0.717) is 22.5 Å². The first kappa shape index (κ1) is 20.7. The van der Waals surface area contributed by atoms with Crippen LogP contribution in [0.1, 0.15) is 26.3 Å². The van der Waals surface area contributed by atoms with Crippen LogP contribution in [0, 0.1) is 0 Å². The van der Waals surface area contributed by atoms with Crippen LogP contribution < -0.4 is 10.6 Å². The first-order valence-electron chi connectivity index (χ1n) is 10.2. The second-order valence-corrected chi connectivity index (χ2v) is 7.31. The number of benzene rings is 2. The maximum Gasteiger partial charge on any atom is 0.255 e. The maximum atomic E-state index is 12.8. The molecule has 1 aliphatic rings. The molecule has 2 amide bonds. The van der Waals surface area contributed by atoms with Crippen LogP contribution in [0.4, 0.5) is 11.4 Å². The summed E-state index contributed by atoms with van der Waals surface area (Å²) in [6.07, 6.45) is 3.14. The average Bonchev–Trinajstić information content (AvgIpc) is 2.81. The Balaban J connectivity index is 1.40. The van der Waals surface area contributed by atoms with Gasteiger partial charge >= 0.3 is 0 Å². The van der Waals surface area contributed by atoms with E-state index >= 15 is 0 Å². The van der Waals surface area contributed by atoms with Crippen LogP contribution in [0.3, 0.4) is 0 Å². The number of hydrogen-bond acceptors (Lipinski definition) is 5. The molecule has 0 saturated carbocycles. The van der Waals surface area contributed by atoms with Crippen LogP contribution in [0.15, 0.2) is 73.1 Å². The van der Waals surface area contributed by atoms with Crippen molar-refractivity contribution in [3.63, 3.8) is 0 Å². The average molecular weight is 416 g/mol. The van der Waals surface area contributed by atoms with Gasteiger partial charge in [-0.3, -0.25) is 19.5 Å². The van der Waals surface area contributed by atoms with Crippen LogP contribution >= 0.6 is 0 Å². The summed E-state index contributed by atoms with van der Waals surface area (Å²) in [5.74, 6) is -0.428. The van der Waals surface area contributed by atoms with Crippen molar-refractivity contribution in [1.82, 2.24) is 9.88 Å². The zero-order valence-corrected chi connectivity index (χ0v) is 17.1. The molecule has 0 spiro atoms. The van der Waals surface area contributed by atoms with E-state index in [1.165, 1.54) is 0 Å². The summed E-state index contributed by atoms with van der Waals surface area (Å²) in [6, 6.07) is 18.0. The van der Waals surface area contributed by atoms with Gasteiger partial charge in [-0.25, -0.2) is 0 Å². The van der Waals surface area contributed by atoms with Gasteiger partial charge in [0.05, 0.1) is 13.2 Å². The van der Waals surface area contributed by atoms with E-state index in [1.54, 1.807) is 54.9 Å². The summed E-state index contributed by atoms with van der Waals surface area (Å²) in [4.78, 5) is 31.3. The van der Waals surface area contributed by atoms with Crippen LogP contribution in [0.5, 0.6) is 0 Å². The Morgan fingerprint density at radius 3 is 2.19 bits per heavy atom. The Bertz CT molecular complexity index is 1050. The van der Waals surface area contributed by atoms with E-state index in [1.807, 2.05) is 18.2 Å². The van der Waals surface area contributed by atoms with Crippen molar-refractivity contribution in [1.29, 1.82) is 0 Å². The minimum atomic E-state index is -0.235. The molecule has 2 N–H and O–H groups in total. The number of rotatable bonds is 6. The highest BCUT2D eigenvalue weighted by Crippen LogP contribution is 2.18. The number of nitrogens with one attached hydrogen (secondary N) is 2. The predicted molar refractivity (Wildman–Crippen MR) is 119 cm³/mol. The van der Waals surface area contributed by atoms with Gasteiger partial charge in [-0.2, -0.15) is 0 Å². The number of carbonyl (C=O) groups is 2. The molecule has 3 aromatic rings. The summed E-state index contributed by atoms with van der Waals surface area (Å²) < 4.78 is 5.39. The summed E-state index contributed by atoms with van der Waals surface area (Å²) in [6.45, 7) is 4.08. The molecule has 0 aliphatic carbocycles. The van der Waals surface area contributed by atoms with Crippen LogP contribution in [0.2, 0.25) is 0 Å². The molecular weight excluding hydrogens is 392 g/mol. The van der Waals surface area contributed by atoms with Crippen molar-refractivity contribution < 1.29 is 14.3 Å². The number of morpholine rings is 1. The minimum Gasteiger partial charge on any atom is -0.379 e. The number of anilines is 2. The fourth-order valence-electron chi connectivity index (χ4n) is 3.41. The van der Waals surface area contributed by atoms with Crippen molar-refractivity contribution in [2.45, 2.75) is 6.54 Å². The topological polar surface area (TPSA) is 83.6 Å². The monoisotopic (exact) mass is 416 g/mol. The third-order valence-corrected chi connectivity index (χ3v) is 5.02. The molecule has 2 aromatic carbocycles. The SMILES string of the molecule is O=C(Nc1cccc(NC(=O)c2cccc(CN3CCOCC3)c2)c1)c1ccncc1. The smallest absolute Gasteiger partial charge is 0.255 e. The fourth-order valence-corrected chi connectivity index (χ4v) is 3.41. The highest BCUT2D eigenvalue weighted by molar-refractivity contribution is 6.06. The van der Waals surface area contributed by atoms with Gasteiger partial charge in [-0.05, 0) is 48.0 Å². The van der Waals surface area contributed by atoms with E-state index < -0.39 is 0 Å². The molecule has 0 unspecified atom stereocenters. The van der Waals surface area contributed by atoms with Gasteiger partial charge in [0.15, 0.2) is 0 Å². The molecule has 1 aliphatic heterocycles. The van der Waals surface area contributed by atoms with E-state index in [-0.39, 0.29) is 11.8 Å². The highest BCUT2D eigenvalue weighted by Gasteiger charge is 2.13. The Kier molecular flexibility index (Phi) is 6.66. The summed E-state index contributed by atoms with van der Waals surface area (Å²) >= 11 is 0. The van der Waals surface area contributed by atoms with Gasteiger partial charge < -0.3 is 15.4 Å². The summed E-state index contributed by atoms with van der Waals surface area (Å²) in [5.41, 5.74) is 3.41. The van der Waals surface area contributed by atoms with Crippen LogP contribution in [-0.2, 0) is 11.3 Å². The van der Waals surface area contributed by atoms with E-state index in [0.717, 1.165) is 38.4 Å². The second-order valence-electron chi connectivity index (χ2n) is 7.31. The standard InChI is InChI=1S/C24H24N4O3/c29-23(19-7-9-25-10-8-19)26-21-5-2-6-22(16-21)27-24(30)20-4-1-3-18(15-20)17-28-11-13-31-14-12-28/h1-10,15-16H,11-14,17H2,(H,26,29)(H,27,30). The third-order valence-electron chi connectivity index (χ3n) is 5.02. The molecule has 1 saturated heterocycles. The van der Waals surface area contributed by atoms with Crippen LogP contribution in [-0.4, -0.2) is 48.0 Å². The molecule has 1 aromatic heterocycles. The summed E-state index contributed by atoms with van der Waals surface area (Å²) in [5, 5.41) is 5.74. The zero-order valence-electron chi connectivity index (χ0n) is 17.1. The first-order valence-corrected chi connectivity index (χ1v) is 10.2. The quantitative estimate of drug-likeness (QED) is 0.643. The zero-order chi connectivity index (χ0) is 21.5. The van der Waals surface area contributed by atoms with Gasteiger partial charge in [0.1, 0.15) is 0 Å². The number of amides is 2. The first-order chi connectivity index (χ1) is 15.2. The largest absolute Gasteiger partial charge is 0.379 e. The Morgan fingerprint density at radius 1 is 0.839 bits per heavy atom. The molecule has 31 heavy (non-hydrogen) atoms. The van der Waals surface area contributed by atoms with Crippen molar-refractivity contribution >= 4 is 23.2 Å². The predicted octanol–water partition coefficient (Wildman–Crippen LogP) is 3.42. The lowest BCUT2D eigenvalue weighted by atomic mass is 10.1. The second kappa shape index (κ2) is 9.97. The Hall–Kier alpha value is -3.55. The molecule has 0 radical (unpaired) electrons. The van der Waals surface area contributed by atoms with E-state index in [9.17, 15) is 9.59 Å². The molecule has 0 atom stereocenters. The molecular formula is C24H24N4O3. The Morgan fingerprint density at radius 2 is 1.48 bits per heavy atom. The third kappa shape index (κ3) is 5.75. The minimum absolute atomic E-state index is 0.193. The molecule has 7 heteroatoms. The summed E-state index contributed by atoms with van der Waals surface area (Å²) in [7, 11) is 0. The molecule has 158 valence electrons. The molecule has 4 rings (SSSR count). The van der Waals surface area contributed by atoms with Crippen molar-refractivity contribution in [2.24, 2.45) is 0 Å². The number of pyridine rings is 1. The molecule has 1 fully saturated rings. The van der Waals surface area contributed by atoms with E-state index in [2.05, 4.69) is 20.5 Å². The highest BCUT2D eigenvalue weighted by atomic mass is 16.5. The van der Waals surface area contributed by atoms with Gasteiger partial charge in [-0.1, -0.05) is 18.2 Å². The lowest BCUT2D eigenvalue weighted by Crippen LogP contribution is -2.35. The number of carbonyl (C=O) groups excluding carboxylic acids is 2. The normalized spacial score (nSPS) is 14.1. The molecule has 7 nitrogen and oxygen atoms in total. The number of nitrogens with zero attached hydrogens (tertiary/aromatic N) is 2. The van der Waals surface area contributed by atoms with Crippen molar-refractivity contribution in [3.05, 3.63) is 89.7 Å². The van der Waals surface area contributed by atoms with Gasteiger partial charge in [-0.15, -0.1) is 0 Å². The van der Waals surface area contributed by atoms with E-state index in [4.69, 9.17) is 4.74 Å². The Labute approximate surface area is 181 Å².